The van der Waals surface area contributed by atoms with Gasteiger partial charge in [-0.1, -0.05) is 0 Å². The van der Waals surface area contributed by atoms with E-state index in [1.165, 1.54) is 12.1 Å². The predicted molar refractivity (Wildman–Crippen MR) is 58.0 cm³/mol. The van der Waals surface area contributed by atoms with E-state index in [2.05, 4.69) is 5.32 Å². The van der Waals surface area contributed by atoms with E-state index in [0.29, 0.717) is 11.3 Å². The molecule has 0 unspecified atom stereocenters. The molecule has 0 amide bonds. The molecule has 1 rings (SSSR count). The molecular weight excluding hydrogens is 199 g/mol. The fourth-order valence-corrected chi connectivity index (χ4v) is 1.36. The van der Waals surface area contributed by atoms with Crippen molar-refractivity contribution in [3.05, 3.63) is 29.6 Å². The topological polar surface area (TPSA) is 35.8 Å². The molecule has 0 aliphatic carbocycles. The summed E-state index contributed by atoms with van der Waals surface area (Å²) in [6.07, 6.45) is 2.01. The molecule has 0 bridgehead atoms. The molecule has 0 heterocycles. The molecule has 74 valence electrons. The van der Waals surface area contributed by atoms with E-state index in [1.54, 1.807) is 17.8 Å². The number of thioether (sulfide) groups is 1. The van der Waals surface area contributed by atoms with Crippen LogP contribution in [0.5, 0.6) is 0 Å². The van der Waals surface area contributed by atoms with Gasteiger partial charge in [0.15, 0.2) is 0 Å². The van der Waals surface area contributed by atoms with Crippen LogP contribution < -0.4 is 5.32 Å². The first-order valence-corrected chi connectivity index (χ1v) is 5.59. The van der Waals surface area contributed by atoms with Crippen molar-refractivity contribution in [3.8, 4) is 6.07 Å². The summed E-state index contributed by atoms with van der Waals surface area (Å²) in [5, 5.41) is 11.8. The maximum Gasteiger partial charge on any atom is 0.124 e. The highest BCUT2D eigenvalue weighted by Gasteiger charge is 2.01. The molecule has 1 aromatic rings. The molecule has 0 fully saturated rings. The van der Waals surface area contributed by atoms with Gasteiger partial charge in [0.25, 0.3) is 0 Å². The molecule has 0 aromatic heterocycles. The Bertz CT molecular complexity index is 346. The van der Waals surface area contributed by atoms with Crippen LogP contribution in [-0.2, 0) is 0 Å². The number of hydrogen-bond donors (Lipinski definition) is 1. The summed E-state index contributed by atoms with van der Waals surface area (Å²) in [7, 11) is 0. The fourth-order valence-electron chi connectivity index (χ4n) is 1.05. The van der Waals surface area contributed by atoms with Crippen molar-refractivity contribution < 1.29 is 4.39 Å². The second kappa shape index (κ2) is 5.51. The second-order valence-electron chi connectivity index (χ2n) is 2.72. The third kappa shape index (κ3) is 2.93. The Labute approximate surface area is 87.1 Å². The quantitative estimate of drug-likeness (QED) is 0.775. The average molecular weight is 210 g/mol. The summed E-state index contributed by atoms with van der Waals surface area (Å²) < 4.78 is 12.7. The second-order valence-corrected chi connectivity index (χ2v) is 3.71. The van der Waals surface area contributed by atoms with Gasteiger partial charge in [-0.15, -0.1) is 0 Å². The van der Waals surface area contributed by atoms with Gasteiger partial charge < -0.3 is 5.32 Å². The maximum absolute atomic E-state index is 12.7. The largest absolute Gasteiger partial charge is 0.383 e. The molecule has 14 heavy (non-hydrogen) atoms. The summed E-state index contributed by atoms with van der Waals surface area (Å²) in [5.74, 6) is 0.583. The van der Waals surface area contributed by atoms with Gasteiger partial charge in [-0.2, -0.15) is 17.0 Å². The minimum absolute atomic E-state index is 0.353. The first-order chi connectivity index (χ1) is 6.77. The van der Waals surface area contributed by atoms with Crippen molar-refractivity contribution in [2.24, 2.45) is 0 Å². The number of rotatable bonds is 4. The Morgan fingerprint density at radius 2 is 2.36 bits per heavy atom. The number of benzene rings is 1. The third-order valence-electron chi connectivity index (χ3n) is 1.72. The number of nitriles is 1. The Hall–Kier alpha value is -1.21. The minimum atomic E-state index is -0.378. The summed E-state index contributed by atoms with van der Waals surface area (Å²) in [6, 6.07) is 6.13. The lowest BCUT2D eigenvalue weighted by Gasteiger charge is -2.06. The number of hydrogen-bond acceptors (Lipinski definition) is 3. The van der Waals surface area contributed by atoms with Gasteiger partial charge in [0.05, 0.1) is 11.3 Å². The van der Waals surface area contributed by atoms with E-state index >= 15 is 0 Å². The number of nitrogens with one attached hydrogen (secondary N) is 1. The van der Waals surface area contributed by atoms with Gasteiger partial charge in [0.1, 0.15) is 11.9 Å². The van der Waals surface area contributed by atoms with Crippen molar-refractivity contribution >= 4 is 17.4 Å². The predicted octanol–water partition coefficient (Wildman–Crippen LogP) is 2.47. The van der Waals surface area contributed by atoms with Gasteiger partial charge in [-0.25, -0.2) is 4.39 Å². The van der Waals surface area contributed by atoms with E-state index in [1.807, 2.05) is 12.3 Å². The Balaban J connectivity index is 2.72. The van der Waals surface area contributed by atoms with E-state index in [9.17, 15) is 4.39 Å². The van der Waals surface area contributed by atoms with E-state index in [0.717, 1.165) is 12.3 Å². The van der Waals surface area contributed by atoms with Crippen LogP contribution in [0.3, 0.4) is 0 Å². The maximum atomic E-state index is 12.7. The van der Waals surface area contributed by atoms with Gasteiger partial charge in [0, 0.05) is 12.3 Å². The highest BCUT2D eigenvalue weighted by Crippen LogP contribution is 2.15. The number of halogens is 1. The molecule has 4 heteroatoms. The third-order valence-corrected chi connectivity index (χ3v) is 2.34. The SMILES string of the molecule is CSCCNc1ccc(F)cc1C#N. The Morgan fingerprint density at radius 1 is 1.57 bits per heavy atom. The van der Waals surface area contributed by atoms with Crippen LogP contribution in [0.4, 0.5) is 10.1 Å². The minimum Gasteiger partial charge on any atom is -0.383 e. The lowest BCUT2D eigenvalue weighted by Crippen LogP contribution is -2.05. The van der Waals surface area contributed by atoms with E-state index in [4.69, 9.17) is 5.26 Å². The van der Waals surface area contributed by atoms with Crippen LogP contribution in [0, 0.1) is 17.1 Å². The molecule has 1 N–H and O–H groups in total. The average Bonchev–Trinajstić information content (AvgIpc) is 2.20. The van der Waals surface area contributed by atoms with Crippen molar-refractivity contribution in [2.75, 3.05) is 23.9 Å². The first-order valence-electron chi connectivity index (χ1n) is 4.20. The van der Waals surface area contributed by atoms with Crippen molar-refractivity contribution in [3.63, 3.8) is 0 Å². The van der Waals surface area contributed by atoms with E-state index in [-0.39, 0.29) is 5.82 Å². The zero-order chi connectivity index (χ0) is 10.4. The lowest BCUT2D eigenvalue weighted by molar-refractivity contribution is 0.627. The Morgan fingerprint density at radius 3 is 3.00 bits per heavy atom. The van der Waals surface area contributed by atoms with Crippen molar-refractivity contribution in [2.45, 2.75) is 0 Å². The molecular formula is C10H11FN2S. The van der Waals surface area contributed by atoms with Crippen LogP contribution >= 0.6 is 11.8 Å². The highest BCUT2D eigenvalue weighted by atomic mass is 32.2. The summed E-state index contributed by atoms with van der Waals surface area (Å²) in [6.45, 7) is 0.779. The zero-order valence-corrected chi connectivity index (χ0v) is 8.70. The molecule has 0 aliphatic heterocycles. The number of anilines is 1. The van der Waals surface area contributed by atoms with Crippen molar-refractivity contribution in [1.82, 2.24) is 0 Å². The molecule has 0 saturated heterocycles. The number of nitrogens with zero attached hydrogens (tertiary/aromatic N) is 1. The molecule has 2 nitrogen and oxygen atoms in total. The molecule has 1 aromatic carbocycles. The first kappa shape index (κ1) is 10.9. The molecule has 0 spiro atoms. The smallest absolute Gasteiger partial charge is 0.124 e. The summed E-state index contributed by atoms with van der Waals surface area (Å²) >= 11 is 1.72. The monoisotopic (exact) mass is 210 g/mol. The highest BCUT2D eigenvalue weighted by molar-refractivity contribution is 7.98. The van der Waals surface area contributed by atoms with Gasteiger partial charge in [0.2, 0.25) is 0 Å². The van der Waals surface area contributed by atoms with Crippen LogP contribution in [0.25, 0.3) is 0 Å². The Kier molecular flexibility index (Phi) is 4.27. The lowest BCUT2D eigenvalue weighted by atomic mass is 10.2. The van der Waals surface area contributed by atoms with E-state index < -0.39 is 0 Å². The standard InChI is InChI=1S/C10H11FN2S/c1-14-5-4-13-10-3-2-9(11)6-8(10)7-12/h2-3,6,13H,4-5H2,1H3. The van der Waals surface area contributed by atoms with Crippen LogP contribution in [0.2, 0.25) is 0 Å². The molecule has 0 aliphatic rings. The van der Waals surface area contributed by atoms with Crippen LogP contribution in [0.1, 0.15) is 5.56 Å². The van der Waals surface area contributed by atoms with Gasteiger partial charge in [-0.3, -0.25) is 0 Å². The summed E-state index contributed by atoms with van der Waals surface area (Å²) in [5.41, 5.74) is 1.05. The molecule has 0 atom stereocenters. The normalized spacial score (nSPS) is 9.50. The van der Waals surface area contributed by atoms with Gasteiger partial charge in [-0.05, 0) is 24.5 Å². The van der Waals surface area contributed by atoms with Crippen molar-refractivity contribution in [1.29, 1.82) is 5.26 Å². The van der Waals surface area contributed by atoms with Crippen LogP contribution in [0.15, 0.2) is 18.2 Å². The van der Waals surface area contributed by atoms with Crippen LogP contribution in [-0.4, -0.2) is 18.6 Å². The molecule has 0 radical (unpaired) electrons. The van der Waals surface area contributed by atoms with Gasteiger partial charge >= 0.3 is 0 Å². The fraction of sp³-hybridized carbons (Fsp3) is 0.300. The molecule has 0 saturated carbocycles. The summed E-state index contributed by atoms with van der Waals surface area (Å²) in [4.78, 5) is 0. The zero-order valence-electron chi connectivity index (χ0n) is 7.88.